The molecule has 0 aliphatic carbocycles. The fraction of sp³-hybridized carbons (Fsp3) is 0.278. The van der Waals surface area contributed by atoms with Crippen molar-refractivity contribution in [1.82, 2.24) is 15.1 Å². The quantitative estimate of drug-likeness (QED) is 0.691. The first-order valence-electron chi connectivity index (χ1n) is 7.89. The van der Waals surface area contributed by atoms with E-state index in [2.05, 4.69) is 10.2 Å². The highest BCUT2D eigenvalue weighted by Crippen LogP contribution is 2.19. The highest BCUT2D eigenvalue weighted by Gasteiger charge is 2.19. The lowest BCUT2D eigenvalue weighted by Gasteiger charge is -2.20. The normalized spacial score (nSPS) is 10.8. The number of aryl methyl sites for hydroxylation is 1. The van der Waals surface area contributed by atoms with E-state index in [-0.39, 0.29) is 12.5 Å². The van der Waals surface area contributed by atoms with Crippen molar-refractivity contribution in [3.63, 3.8) is 0 Å². The first-order chi connectivity index (χ1) is 11.7. The van der Waals surface area contributed by atoms with Crippen molar-refractivity contribution in [2.45, 2.75) is 26.8 Å². The van der Waals surface area contributed by atoms with E-state index in [9.17, 15) is 4.79 Å². The number of carbonyl (C=O) groups is 1. The Morgan fingerprint density at radius 1 is 1.21 bits per heavy atom. The number of amides is 1. The summed E-state index contributed by atoms with van der Waals surface area (Å²) in [6.45, 7) is 4.88. The second-order valence-corrected chi connectivity index (χ2v) is 5.57. The van der Waals surface area contributed by atoms with Crippen molar-refractivity contribution in [1.29, 1.82) is 0 Å². The van der Waals surface area contributed by atoms with Crippen LogP contribution in [0.2, 0.25) is 0 Å². The van der Waals surface area contributed by atoms with Crippen LogP contribution in [0.25, 0.3) is 11.7 Å². The summed E-state index contributed by atoms with van der Waals surface area (Å²) >= 11 is 0. The van der Waals surface area contributed by atoms with E-state index in [0.717, 1.165) is 12.0 Å². The summed E-state index contributed by atoms with van der Waals surface area (Å²) < 4.78 is 10.8. The Balaban J connectivity index is 1.78. The fourth-order valence-electron chi connectivity index (χ4n) is 2.46. The third-order valence-electron chi connectivity index (χ3n) is 3.57. The van der Waals surface area contributed by atoms with Crippen LogP contribution in [0.15, 0.2) is 51.5 Å². The third-order valence-corrected chi connectivity index (χ3v) is 3.57. The van der Waals surface area contributed by atoms with Crippen LogP contribution in [0.1, 0.15) is 35.2 Å². The number of aromatic nitrogens is 2. The van der Waals surface area contributed by atoms with Gasteiger partial charge in [0.15, 0.2) is 5.76 Å². The van der Waals surface area contributed by atoms with Crippen molar-refractivity contribution in [3.8, 4) is 11.7 Å². The first-order valence-corrected chi connectivity index (χ1v) is 7.89. The summed E-state index contributed by atoms with van der Waals surface area (Å²) in [6.07, 6.45) is 2.39. The molecule has 24 heavy (non-hydrogen) atoms. The van der Waals surface area contributed by atoms with Gasteiger partial charge in [-0.1, -0.05) is 24.6 Å². The molecule has 0 radical (unpaired) electrons. The maximum Gasteiger partial charge on any atom is 0.283 e. The molecule has 0 fully saturated rings. The minimum atomic E-state index is -0.0432. The molecule has 0 saturated heterocycles. The van der Waals surface area contributed by atoms with Gasteiger partial charge in [-0.2, -0.15) is 0 Å². The highest BCUT2D eigenvalue weighted by atomic mass is 16.4. The summed E-state index contributed by atoms with van der Waals surface area (Å²) in [5.41, 5.74) is 1.71. The largest absolute Gasteiger partial charge is 0.459 e. The average molecular weight is 325 g/mol. The van der Waals surface area contributed by atoms with Gasteiger partial charge in [-0.15, -0.1) is 10.2 Å². The first kappa shape index (κ1) is 16.0. The summed E-state index contributed by atoms with van der Waals surface area (Å²) in [5.74, 6) is 1.17. The van der Waals surface area contributed by atoms with E-state index in [1.165, 1.54) is 0 Å². The van der Waals surface area contributed by atoms with Crippen LogP contribution in [0, 0.1) is 6.92 Å². The van der Waals surface area contributed by atoms with Crippen LogP contribution in [-0.4, -0.2) is 27.5 Å². The minimum Gasteiger partial charge on any atom is -0.459 e. The van der Waals surface area contributed by atoms with Gasteiger partial charge in [0.1, 0.15) is 0 Å². The Morgan fingerprint density at radius 3 is 2.79 bits per heavy atom. The monoisotopic (exact) mass is 325 g/mol. The van der Waals surface area contributed by atoms with E-state index in [4.69, 9.17) is 8.83 Å². The third kappa shape index (κ3) is 3.53. The average Bonchev–Trinajstić information content (AvgIpc) is 3.25. The van der Waals surface area contributed by atoms with Gasteiger partial charge in [0, 0.05) is 12.1 Å². The fourth-order valence-corrected chi connectivity index (χ4v) is 2.46. The molecule has 0 unspecified atom stereocenters. The lowest BCUT2D eigenvalue weighted by Crippen LogP contribution is -2.31. The molecule has 3 rings (SSSR count). The van der Waals surface area contributed by atoms with Crippen molar-refractivity contribution < 1.29 is 13.6 Å². The maximum atomic E-state index is 12.7. The standard InChI is InChI=1S/C18H19N3O3/c1-3-9-21(18(22)14-7-4-6-13(2)11-14)12-16-19-20-17(24-16)15-8-5-10-23-15/h4-8,10-11H,3,9,12H2,1-2H3. The molecule has 0 bridgehead atoms. The molecule has 0 spiro atoms. The number of nitrogens with zero attached hydrogens (tertiary/aromatic N) is 3. The molecule has 2 heterocycles. The molecule has 0 aliphatic rings. The van der Waals surface area contributed by atoms with E-state index in [1.54, 1.807) is 23.3 Å². The van der Waals surface area contributed by atoms with Crippen LogP contribution < -0.4 is 0 Å². The van der Waals surface area contributed by atoms with E-state index in [0.29, 0.717) is 29.6 Å². The molecular weight excluding hydrogens is 306 g/mol. The molecule has 124 valence electrons. The second kappa shape index (κ2) is 7.12. The van der Waals surface area contributed by atoms with Gasteiger partial charge in [0.05, 0.1) is 12.8 Å². The van der Waals surface area contributed by atoms with Gasteiger partial charge >= 0.3 is 0 Å². The summed E-state index contributed by atoms with van der Waals surface area (Å²) in [7, 11) is 0. The molecular formula is C18H19N3O3. The Morgan fingerprint density at radius 2 is 2.08 bits per heavy atom. The maximum absolute atomic E-state index is 12.7. The van der Waals surface area contributed by atoms with E-state index < -0.39 is 0 Å². The Hall–Kier alpha value is -2.89. The van der Waals surface area contributed by atoms with Crippen LogP contribution in [-0.2, 0) is 6.54 Å². The van der Waals surface area contributed by atoms with Crippen LogP contribution in [0.5, 0.6) is 0 Å². The molecule has 0 N–H and O–H groups in total. The van der Waals surface area contributed by atoms with E-state index >= 15 is 0 Å². The Labute approximate surface area is 140 Å². The van der Waals surface area contributed by atoms with E-state index in [1.807, 2.05) is 38.1 Å². The molecule has 0 saturated carbocycles. The summed E-state index contributed by atoms with van der Waals surface area (Å²) in [6, 6.07) is 11.1. The molecule has 0 atom stereocenters. The number of furan rings is 1. The topological polar surface area (TPSA) is 72.4 Å². The molecule has 1 amide bonds. The lowest BCUT2D eigenvalue weighted by molar-refractivity contribution is 0.0728. The zero-order chi connectivity index (χ0) is 16.9. The lowest BCUT2D eigenvalue weighted by atomic mass is 10.1. The Bertz CT molecular complexity index is 809. The number of hydrogen-bond donors (Lipinski definition) is 0. The molecule has 6 nitrogen and oxygen atoms in total. The number of hydrogen-bond acceptors (Lipinski definition) is 5. The van der Waals surface area contributed by atoms with Crippen molar-refractivity contribution >= 4 is 5.91 Å². The molecule has 3 aromatic rings. The Kier molecular flexibility index (Phi) is 4.74. The minimum absolute atomic E-state index is 0.0432. The predicted octanol–water partition coefficient (Wildman–Crippen LogP) is 3.69. The second-order valence-electron chi connectivity index (χ2n) is 5.57. The zero-order valence-electron chi connectivity index (χ0n) is 13.7. The number of carbonyl (C=O) groups excluding carboxylic acids is 1. The molecule has 0 aliphatic heterocycles. The van der Waals surface area contributed by atoms with Crippen LogP contribution in [0.4, 0.5) is 0 Å². The molecule has 6 heteroatoms. The predicted molar refractivity (Wildman–Crippen MR) is 88.2 cm³/mol. The molecule has 1 aromatic carbocycles. The van der Waals surface area contributed by atoms with Gasteiger partial charge in [0.25, 0.3) is 11.8 Å². The smallest absolute Gasteiger partial charge is 0.283 e. The number of rotatable bonds is 6. The number of benzene rings is 1. The van der Waals surface area contributed by atoms with Crippen LogP contribution in [0.3, 0.4) is 0 Å². The van der Waals surface area contributed by atoms with Gasteiger partial charge in [0.2, 0.25) is 5.89 Å². The SMILES string of the molecule is CCCN(Cc1nnc(-c2ccco2)o1)C(=O)c1cccc(C)c1. The summed E-state index contributed by atoms with van der Waals surface area (Å²) in [4.78, 5) is 14.5. The molecule has 2 aromatic heterocycles. The van der Waals surface area contributed by atoms with Crippen molar-refractivity contribution in [3.05, 3.63) is 59.7 Å². The van der Waals surface area contributed by atoms with Gasteiger partial charge < -0.3 is 13.7 Å². The highest BCUT2D eigenvalue weighted by molar-refractivity contribution is 5.94. The summed E-state index contributed by atoms with van der Waals surface area (Å²) in [5, 5.41) is 7.99. The van der Waals surface area contributed by atoms with Gasteiger partial charge in [-0.05, 0) is 37.6 Å². The zero-order valence-corrected chi connectivity index (χ0v) is 13.7. The van der Waals surface area contributed by atoms with Gasteiger partial charge in [-0.3, -0.25) is 4.79 Å². The van der Waals surface area contributed by atoms with Crippen molar-refractivity contribution in [2.75, 3.05) is 6.54 Å². The van der Waals surface area contributed by atoms with Crippen LogP contribution >= 0.6 is 0 Å². The van der Waals surface area contributed by atoms with Gasteiger partial charge in [-0.25, -0.2) is 0 Å². The van der Waals surface area contributed by atoms with Crippen molar-refractivity contribution in [2.24, 2.45) is 0 Å².